The number of aromatic nitrogens is 2. The van der Waals surface area contributed by atoms with Gasteiger partial charge < -0.3 is 0 Å². The smallest absolute Gasteiger partial charge is 0.123 e. The van der Waals surface area contributed by atoms with Gasteiger partial charge in [0.25, 0.3) is 0 Å². The third-order valence-corrected chi connectivity index (χ3v) is 7.34. The van der Waals surface area contributed by atoms with Crippen molar-refractivity contribution in [2.45, 2.75) is 25.8 Å². The second-order valence-electron chi connectivity index (χ2n) is 9.68. The van der Waals surface area contributed by atoms with E-state index in [9.17, 15) is 4.39 Å². The maximum absolute atomic E-state index is 13.5. The van der Waals surface area contributed by atoms with E-state index in [4.69, 9.17) is 5.10 Å². The van der Waals surface area contributed by atoms with Crippen molar-refractivity contribution in [1.29, 1.82) is 0 Å². The standard InChI is InChI=1S/C30H28FN3/c31-27-11-13-28(14-12-27)34-29-17-26-15-16-33(21-24-9-5-2-6-10-24)22-30(26,19-25(29)20-32-34)18-23-7-3-1-4-8-23/h1-14,17,20H,15-16,18-19,21-22H2. The third-order valence-electron chi connectivity index (χ3n) is 7.34. The highest BCUT2D eigenvalue weighted by Crippen LogP contribution is 2.46. The van der Waals surface area contributed by atoms with Gasteiger partial charge in [-0.25, -0.2) is 9.07 Å². The lowest BCUT2D eigenvalue weighted by Crippen LogP contribution is -2.48. The number of rotatable bonds is 5. The second-order valence-corrected chi connectivity index (χ2v) is 9.68. The Morgan fingerprint density at radius 1 is 0.853 bits per heavy atom. The highest BCUT2D eigenvalue weighted by molar-refractivity contribution is 5.62. The van der Waals surface area contributed by atoms with Crippen molar-refractivity contribution in [3.63, 3.8) is 0 Å². The summed E-state index contributed by atoms with van der Waals surface area (Å²) >= 11 is 0. The Balaban J connectivity index is 1.36. The van der Waals surface area contributed by atoms with E-state index in [0.717, 1.165) is 50.3 Å². The first kappa shape index (κ1) is 21.1. The molecule has 1 unspecified atom stereocenters. The zero-order valence-electron chi connectivity index (χ0n) is 19.2. The molecule has 2 aliphatic rings. The Labute approximate surface area is 200 Å². The van der Waals surface area contributed by atoms with Gasteiger partial charge in [-0.1, -0.05) is 66.2 Å². The van der Waals surface area contributed by atoms with Gasteiger partial charge in [0.05, 0.1) is 17.6 Å². The Hall–Kier alpha value is -3.50. The molecule has 1 atom stereocenters. The van der Waals surface area contributed by atoms with Gasteiger partial charge in [-0.15, -0.1) is 0 Å². The summed E-state index contributed by atoms with van der Waals surface area (Å²) in [6.45, 7) is 3.06. The lowest BCUT2D eigenvalue weighted by atomic mass is 9.65. The average Bonchev–Trinajstić information content (AvgIpc) is 3.26. The van der Waals surface area contributed by atoms with E-state index in [-0.39, 0.29) is 11.2 Å². The number of halogens is 1. The molecule has 3 aromatic carbocycles. The van der Waals surface area contributed by atoms with Crippen molar-refractivity contribution in [1.82, 2.24) is 14.7 Å². The van der Waals surface area contributed by atoms with E-state index in [1.165, 1.54) is 34.4 Å². The molecule has 0 spiro atoms. The summed E-state index contributed by atoms with van der Waals surface area (Å²) in [4.78, 5) is 2.62. The fourth-order valence-corrected chi connectivity index (χ4v) is 5.74. The monoisotopic (exact) mass is 449 g/mol. The normalized spacial score (nSPS) is 19.9. The van der Waals surface area contributed by atoms with Crippen LogP contribution in [-0.4, -0.2) is 27.8 Å². The molecule has 4 heteroatoms. The first-order valence-corrected chi connectivity index (χ1v) is 12.0. The predicted octanol–water partition coefficient (Wildman–Crippen LogP) is 6.09. The fourth-order valence-electron chi connectivity index (χ4n) is 5.74. The van der Waals surface area contributed by atoms with Crippen LogP contribution in [0.15, 0.2) is 96.7 Å². The third kappa shape index (κ3) is 3.99. The van der Waals surface area contributed by atoms with E-state index in [2.05, 4.69) is 71.6 Å². The van der Waals surface area contributed by atoms with Gasteiger partial charge in [0, 0.05) is 25.0 Å². The molecule has 1 saturated heterocycles. The van der Waals surface area contributed by atoms with Gasteiger partial charge in [0.2, 0.25) is 0 Å². The first-order valence-electron chi connectivity index (χ1n) is 12.0. The maximum atomic E-state index is 13.5. The second kappa shape index (κ2) is 8.69. The van der Waals surface area contributed by atoms with Crippen LogP contribution in [0, 0.1) is 11.2 Å². The molecule has 1 aromatic heterocycles. The molecule has 0 amide bonds. The molecule has 1 aliphatic carbocycles. The Kier molecular flexibility index (Phi) is 5.39. The first-order chi connectivity index (χ1) is 16.7. The summed E-state index contributed by atoms with van der Waals surface area (Å²) in [6.07, 6.45) is 7.42. The number of piperidine rings is 1. The number of likely N-dealkylation sites (tertiary alicyclic amines) is 1. The van der Waals surface area contributed by atoms with E-state index >= 15 is 0 Å². The average molecular weight is 450 g/mol. The summed E-state index contributed by atoms with van der Waals surface area (Å²) in [7, 11) is 0. The van der Waals surface area contributed by atoms with Gasteiger partial charge in [-0.3, -0.25) is 4.90 Å². The van der Waals surface area contributed by atoms with Crippen molar-refractivity contribution < 1.29 is 4.39 Å². The number of benzene rings is 3. The van der Waals surface area contributed by atoms with Crippen LogP contribution in [0.25, 0.3) is 11.8 Å². The maximum Gasteiger partial charge on any atom is 0.123 e. The number of fused-ring (bicyclic) bond motifs is 2. The molecule has 3 nitrogen and oxygen atoms in total. The van der Waals surface area contributed by atoms with Crippen LogP contribution in [0.3, 0.4) is 0 Å². The van der Waals surface area contributed by atoms with Crippen molar-refractivity contribution >= 4 is 6.08 Å². The highest BCUT2D eigenvalue weighted by Gasteiger charge is 2.43. The van der Waals surface area contributed by atoms with Crippen LogP contribution in [0.4, 0.5) is 4.39 Å². The largest absolute Gasteiger partial charge is 0.298 e. The van der Waals surface area contributed by atoms with Gasteiger partial charge in [-0.05, 0) is 66.3 Å². The summed E-state index contributed by atoms with van der Waals surface area (Å²) in [6, 6.07) is 28.3. The zero-order valence-corrected chi connectivity index (χ0v) is 19.2. The molecule has 0 radical (unpaired) electrons. The van der Waals surface area contributed by atoms with E-state index in [1.54, 1.807) is 12.1 Å². The lowest BCUT2D eigenvalue weighted by molar-refractivity contribution is 0.132. The Bertz CT molecular complexity index is 1310. The molecule has 2 heterocycles. The Morgan fingerprint density at radius 2 is 1.56 bits per heavy atom. The Morgan fingerprint density at radius 3 is 2.29 bits per heavy atom. The van der Waals surface area contributed by atoms with E-state index in [1.807, 2.05) is 10.9 Å². The molecule has 6 rings (SSSR count). The van der Waals surface area contributed by atoms with Gasteiger partial charge in [0.1, 0.15) is 5.82 Å². The van der Waals surface area contributed by atoms with Crippen LogP contribution in [-0.2, 0) is 19.4 Å². The molecule has 1 aliphatic heterocycles. The minimum absolute atomic E-state index is 0.0536. The van der Waals surface area contributed by atoms with Crippen LogP contribution in [0.5, 0.6) is 0 Å². The minimum Gasteiger partial charge on any atom is -0.298 e. The molecule has 0 N–H and O–H groups in total. The quantitative estimate of drug-likeness (QED) is 0.368. The van der Waals surface area contributed by atoms with Crippen LogP contribution < -0.4 is 0 Å². The molecule has 34 heavy (non-hydrogen) atoms. The van der Waals surface area contributed by atoms with E-state index in [0.29, 0.717) is 0 Å². The van der Waals surface area contributed by atoms with Crippen molar-refractivity contribution in [2.75, 3.05) is 13.1 Å². The number of hydrogen-bond acceptors (Lipinski definition) is 2. The summed E-state index contributed by atoms with van der Waals surface area (Å²) in [5.41, 5.74) is 7.62. The fraction of sp³-hybridized carbons (Fsp3) is 0.233. The molecule has 0 bridgehead atoms. The number of hydrogen-bond donors (Lipinski definition) is 0. The van der Waals surface area contributed by atoms with Crippen molar-refractivity contribution in [3.05, 3.63) is 125 Å². The minimum atomic E-state index is -0.226. The summed E-state index contributed by atoms with van der Waals surface area (Å²) in [5.74, 6) is -0.226. The van der Waals surface area contributed by atoms with Gasteiger partial charge in [0.15, 0.2) is 0 Å². The van der Waals surface area contributed by atoms with Crippen LogP contribution in [0.1, 0.15) is 28.8 Å². The topological polar surface area (TPSA) is 21.1 Å². The molecule has 4 aromatic rings. The highest BCUT2D eigenvalue weighted by atomic mass is 19.1. The number of nitrogens with zero attached hydrogens (tertiary/aromatic N) is 3. The van der Waals surface area contributed by atoms with Crippen molar-refractivity contribution in [2.24, 2.45) is 5.41 Å². The summed E-state index contributed by atoms with van der Waals surface area (Å²) < 4.78 is 15.5. The summed E-state index contributed by atoms with van der Waals surface area (Å²) in [5, 5.41) is 4.72. The molecular formula is C30H28FN3. The van der Waals surface area contributed by atoms with Gasteiger partial charge in [-0.2, -0.15) is 5.10 Å². The molecular weight excluding hydrogens is 421 g/mol. The predicted molar refractivity (Wildman–Crippen MR) is 134 cm³/mol. The van der Waals surface area contributed by atoms with Crippen LogP contribution >= 0.6 is 0 Å². The lowest BCUT2D eigenvalue weighted by Gasteiger charge is -2.47. The van der Waals surface area contributed by atoms with Crippen LogP contribution in [0.2, 0.25) is 0 Å². The zero-order chi connectivity index (χ0) is 23.0. The SMILES string of the molecule is Fc1ccc(-n2ncc3c2C=C2CCN(Cc4ccccc4)CC2(Cc2ccccc2)C3)cc1. The molecule has 1 fully saturated rings. The molecule has 0 saturated carbocycles. The van der Waals surface area contributed by atoms with Gasteiger partial charge >= 0.3 is 0 Å². The van der Waals surface area contributed by atoms with Crippen molar-refractivity contribution in [3.8, 4) is 5.69 Å². The van der Waals surface area contributed by atoms with E-state index < -0.39 is 0 Å². The molecule has 170 valence electrons.